The van der Waals surface area contributed by atoms with Gasteiger partial charge in [-0.3, -0.25) is 43.9 Å². The molecule has 3 atom stereocenters. The number of anilines is 3. The van der Waals surface area contributed by atoms with Crippen molar-refractivity contribution >= 4 is 92.7 Å². The molecule has 0 aliphatic carbocycles. The molecule has 0 bridgehead atoms. The van der Waals surface area contributed by atoms with Crippen LogP contribution in [-0.2, 0) is 35.3 Å². The quantitative estimate of drug-likeness (QED) is 0.00847. The predicted octanol–water partition coefficient (Wildman–Crippen LogP) is 1.70. The summed E-state index contributed by atoms with van der Waals surface area (Å²) in [6.45, 7) is 5.41. The molecule has 2 aromatic carbocycles. The highest BCUT2D eigenvalue weighted by Crippen LogP contribution is 2.22. The van der Waals surface area contributed by atoms with Crippen molar-refractivity contribution in [2.75, 3.05) is 29.9 Å². The van der Waals surface area contributed by atoms with Gasteiger partial charge in [-0.15, -0.1) is 5.11 Å². The van der Waals surface area contributed by atoms with Crippen molar-refractivity contribution in [3.05, 3.63) is 89.4 Å². The van der Waals surface area contributed by atoms with Crippen LogP contribution in [0.3, 0.4) is 0 Å². The number of nitrogens with two attached hydrogens (primary N) is 3. The average Bonchev–Trinajstić information content (AvgIpc) is 3.90. The fourth-order valence-corrected chi connectivity index (χ4v) is 7.73. The molecule has 1 aliphatic heterocycles. The first-order valence-corrected chi connectivity index (χ1v) is 23.1. The van der Waals surface area contributed by atoms with Gasteiger partial charge in [-0.05, 0) is 81.0 Å². The van der Waals surface area contributed by atoms with Crippen LogP contribution in [0.5, 0.6) is 0 Å². The van der Waals surface area contributed by atoms with E-state index >= 15 is 0 Å². The molecule has 73 heavy (non-hydrogen) atoms. The molecule has 26 heteroatoms. The van der Waals surface area contributed by atoms with Gasteiger partial charge in [-0.2, -0.15) is 9.97 Å². The van der Waals surface area contributed by atoms with Crippen LogP contribution >= 0.6 is 0 Å². The van der Waals surface area contributed by atoms with Crippen LogP contribution in [0.4, 0.5) is 17.5 Å². The van der Waals surface area contributed by atoms with Gasteiger partial charge in [0.1, 0.15) is 18.1 Å². The lowest BCUT2D eigenvalue weighted by Crippen LogP contribution is -2.53. The van der Waals surface area contributed by atoms with Crippen LogP contribution in [0.15, 0.2) is 77.3 Å². The third kappa shape index (κ3) is 13.8. The maximum Gasteiger partial charge on any atom is 0.326 e. The van der Waals surface area contributed by atoms with Crippen LogP contribution in [-0.4, -0.2) is 119 Å². The summed E-state index contributed by atoms with van der Waals surface area (Å²) in [5, 5.41) is 38.9. The number of nitrogens with one attached hydrogen (secondary N) is 6. The second kappa shape index (κ2) is 24.1. The monoisotopic (exact) mass is 1000 g/mol. The van der Waals surface area contributed by atoms with E-state index in [2.05, 4.69) is 56.9 Å². The molecule has 0 fully saturated rings. The summed E-state index contributed by atoms with van der Waals surface area (Å²) in [4.78, 5) is 120. The van der Waals surface area contributed by atoms with Gasteiger partial charge in [0, 0.05) is 65.6 Å². The third-order valence-electron chi connectivity index (χ3n) is 11.6. The molecular formula is C47H55N17O9. The number of amidine groups is 1. The molecule has 382 valence electrons. The summed E-state index contributed by atoms with van der Waals surface area (Å²) >= 11 is 0. The van der Waals surface area contributed by atoms with E-state index in [0.29, 0.717) is 42.4 Å². The van der Waals surface area contributed by atoms with E-state index in [-0.39, 0.29) is 95.8 Å². The fraction of sp³-hybridized carbons (Fsp3) is 0.340. The van der Waals surface area contributed by atoms with Gasteiger partial charge in [-0.1, -0.05) is 25.5 Å². The van der Waals surface area contributed by atoms with Gasteiger partial charge >= 0.3 is 5.97 Å². The molecule has 6 rings (SSSR count). The number of carboxylic acids is 1. The van der Waals surface area contributed by atoms with Gasteiger partial charge in [-0.25, -0.2) is 14.8 Å². The molecule has 1 aliphatic rings. The minimum absolute atomic E-state index is 0.0169. The highest BCUT2D eigenvalue weighted by Gasteiger charge is 2.28. The Morgan fingerprint density at radius 1 is 0.836 bits per heavy atom. The Morgan fingerprint density at radius 3 is 2.30 bits per heavy atom. The van der Waals surface area contributed by atoms with Crippen LogP contribution in [0.1, 0.15) is 91.3 Å². The van der Waals surface area contributed by atoms with Crippen molar-refractivity contribution in [2.45, 2.75) is 84.0 Å². The van der Waals surface area contributed by atoms with Crippen molar-refractivity contribution < 1.29 is 43.5 Å². The molecule has 4 heterocycles. The molecule has 0 spiro atoms. The summed E-state index contributed by atoms with van der Waals surface area (Å²) in [7, 11) is 0. The Kier molecular flexibility index (Phi) is 17.5. The van der Waals surface area contributed by atoms with Gasteiger partial charge < -0.3 is 53.6 Å². The highest BCUT2D eigenvalue weighted by atomic mass is 16.4. The summed E-state index contributed by atoms with van der Waals surface area (Å²) in [6, 6.07) is 7.32. The number of benzene rings is 2. The summed E-state index contributed by atoms with van der Waals surface area (Å²) < 4.78 is 1.89. The lowest BCUT2D eigenvalue weighted by atomic mass is 10.0. The largest absolute Gasteiger partial charge is 0.480 e. The third-order valence-corrected chi connectivity index (χ3v) is 11.6. The normalized spacial score (nSPS) is 13.6. The number of carbonyl (C=O) groups excluding carboxylic acids is 7. The highest BCUT2D eigenvalue weighted by molar-refractivity contribution is 6.13. The average molecular weight is 1000 g/mol. The Bertz CT molecular complexity index is 3020. The number of hydrogen-bond acceptors (Lipinski definition) is 16. The van der Waals surface area contributed by atoms with Crippen LogP contribution in [0.2, 0.25) is 0 Å². The van der Waals surface area contributed by atoms with Gasteiger partial charge in [0.2, 0.25) is 23.7 Å². The first-order valence-electron chi connectivity index (χ1n) is 23.1. The minimum Gasteiger partial charge on any atom is -0.480 e. The number of aliphatic carboxylic acids is 1. The van der Waals surface area contributed by atoms with Gasteiger partial charge in [0.05, 0.1) is 24.0 Å². The van der Waals surface area contributed by atoms with E-state index in [0.717, 1.165) is 10.4 Å². The number of nitrogen functional groups attached to an aromatic ring is 2. The number of aromatic nitrogens is 5. The molecule has 0 saturated heterocycles. The van der Waals surface area contributed by atoms with E-state index < -0.39 is 53.6 Å². The second-order valence-corrected chi connectivity index (χ2v) is 17.3. The zero-order valence-corrected chi connectivity index (χ0v) is 40.0. The number of unbranched alkanes of at least 4 members (excludes halogenated alkanes) is 2. The van der Waals surface area contributed by atoms with E-state index in [4.69, 9.17) is 22.7 Å². The second-order valence-electron chi connectivity index (χ2n) is 17.3. The number of imide groups is 1. The van der Waals surface area contributed by atoms with E-state index in [9.17, 15) is 43.5 Å². The van der Waals surface area contributed by atoms with E-state index in [1.54, 1.807) is 50.5 Å². The standard InChI is InChI=1S/C47H55N17O9/c1-24(2)37(58-34(65)9-5-4-6-18-64-35(66)14-15-36(64)67)45(71)54-25(3)42(68)56-28-11-12-30(31(21-28)39(48)61-62-51)44(70)52-17-7-8-32(46(72)73)57-43(69)27-10-13-33-26(20-27)16-19-63(33)23-29-22-53-41-38(55-29)40(49)59-47(50)60-41/h10-16,19-22,24-25,32,37H,4-9,17-18,23H2,1-3H3,(H,52,70)(H,54,71)(H,56,68)(H,57,69)(H,58,65)(H,72,73)(H3,48,51,61)(H4,49,50,53,59,60)/t25-,32-,37-/m0/s1. The number of fused-ring (bicyclic) bond motifs is 2. The lowest BCUT2D eigenvalue weighted by molar-refractivity contribution is -0.139. The molecule has 5 aromatic rings. The van der Waals surface area contributed by atoms with Gasteiger partial charge in [0.25, 0.3) is 23.6 Å². The maximum absolute atomic E-state index is 13.4. The summed E-state index contributed by atoms with van der Waals surface area (Å²) in [5.74, 6) is -0.575. The number of nitrogens with zero attached hydrogens (tertiary/aromatic N) is 8. The number of rotatable bonds is 23. The van der Waals surface area contributed by atoms with Crippen LogP contribution < -0.4 is 43.9 Å². The van der Waals surface area contributed by atoms with Crippen molar-refractivity contribution in [1.82, 2.24) is 50.7 Å². The first kappa shape index (κ1) is 53.1. The van der Waals surface area contributed by atoms with E-state index in [1.165, 1.54) is 37.3 Å². The maximum atomic E-state index is 13.4. The van der Waals surface area contributed by atoms with Crippen molar-refractivity contribution in [3.8, 4) is 0 Å². The van der Waals surface area contributed by atoms with Crippen LogP contribution in [0, 0.1) is 11.3 Å². The zero-order valence-electron chi connectivity index (χ0n) is 40.0. The Balaban J connectivity index is 0.979. The van der Waals surface area contributed by atoms with Crippen molar-refractivity contribution in [2.24, 2.45) is 22.1 Å². The SMILES string of the molecule is CC(C)[C@H](NC(=O)CCCCCN1C(=O)C=CC1=O)C(=O)N[C@@H](C)C(=O)Nc1ccc(C(=O)NCCC[C@H](NC(=O)c2ccc3c(ccn3Cc3cnc4nc(N)nc(N)c4n3)c2)C(=O)O)c(C(=N)/N=N\N)c1. The topological polar surface area (TPSA) is 403 Å². The molecule has 3 aromatic heterocycles. The summed E-state index contributed by atoms with van der Waals surface area (Å²) in [6.07, 6.45) is 7.46. The molecular weight excluding hydrogens is 947 g/mol. The minimum atomic E-state index is -1.31. The van der Waals surface area contributed by atoms with Crippen molar-refractivity contribution in [3.63, 3.8) is 0 Å². The lowest BCUT2D eigenvalue weighted by Gasteiger charge is -2.24. The van der Waals surface area contributed by atoms with Crippen molar-refractivity contribution in [1.29, 1.82) is 5.41 Å². The van der Waals surface area contributed by atoms with Crippen LogP contribution in [0.25, 0.3) is 22.1 Å². The number of carbonyl (C=O) groups is 8. The van der Waals surface area contributed by atoms with E-state index in [1.807, 2.05) is 4.57 Å². The Labute approximate surface area is 416 Å². The predicted molar refractivity (Wildman–Crippen MR) is 265 cm³/mol. The molecule has 26 nitrogen and oxygen atoms in total. The smallest absolute Gasteiger partial charge is 0.326 e. The molecule has 0 radical (unpaired) electrons. The molecule has 7 amide bonds. The van der Waals surface area contributed by atoms with Gasteiger partial charge in [0.15, 0.2) is 22.8 Å². The Morgan fingerprint density at radius 2 is 1.59 bits per heavy atom. The molecule has 0 saturated carbocycles. The molecule has 13 N–H and O–H groups in total. The zero-order chi connectivity index (χ0) is 52.9. The number of carboxylic acid groups (broad SMARTS) is 1. The first-order chi connectivity index (χ1) is 34.8. The number of hydrogen-bond donors (Lipinski definition) is 10. The molecule has 0 unspecified atom stereocenters. The summed E-state index contributed by atoms with van der Waals surface area (Å²) in [5.41, 5.74) is 13.7. The fourth-order valence-electron chi connectivity index (χ4n) is 7.73. The Hall–Kier alpha value is -9.23. The number of amides is 7.